The average Bonchev–Trinajstić information content (AvgIpc) is 2.49. The Morgan fingerprint density at radius 2 is 2.23 bits per heavy atom. The van der Waals surface area contributed by atoms with Crippen molar-refractivity contribution in [3.63, 3.8) is 0 Å². The number of aromatic nitrogens is 1. The number of pyridine rings is 1. The Kier molecular flexibility index (Phi) is 7.21. The summed E-state index contributed by atoms with van der Waals surface area (Å²) in [5.41, 5.74) is 1.02. The molecule has 22 heavy (non-hydrogen) atoms. The number of nitrogens with zero attached hydrogens (tertiary/aromatic N) is 2. The number of hydrogen-bond donors (Lipinski definition) is 3. The van der Waals surface area contributed by atoms with E-state index in [1.807, 2.05) is 6.07 Å². The molecule has 1 rings (SSSR count). The lowest BCUT2D eigenvalue weighted by Crippen LogP contribution is -2.72. The lowest BCUT2D eigenvalue weighted by Gasteiger charge is -2.21. The van der Waals surface area contributed by atoms with E-state index in [0.29, 0.717) is 6.54 Å². The van der Waals surface area contributed by atoms with Crippen LogP contribution in [0.2, 0.25) is 0 Å². The smallest absolute Gasteiger partial charge is 0.303 e. The first-order chi connectivity index (χ1) is 10.5. The Morgan fingerprint density at radius 1 is 1.50 bits per heavy atom. The number of amides is 1. The number of halogens is 1. The van der Waals surface area contributed by atoms with Gasteiger partial charge >= 0.3 is 5.97 Å². The van der Waals surface area contributed by atoms with Crippen LogP contribution in [0.5, 0.6) is 0 Å². The zero-order valence-electron chi connectivity index (χ0n) is 12.1. The van der Waals surface area contributed by atoms with Gasteiger partial charge in [-0.25, -0.2) is 0 Å². The maximum Gasteiger partial charge on any atom is 0.303 e. The molecule has 0 atom stereocenters. The van der Waals surface area contributed by atoms with Crippen molar-refractivity contribution in [3.8, 4) is 0 Å². The summed E-state index contributed by atoms with van der Waals surface area (Å²) in [6.45, 7) is 2.02. The van der Waals surface area contributed by atoms with Crippen molar-refractivity contribution in [3.05, 3.63) is 36.4 Å². The van der Waals surface area contributed by atoms with E-state index in [0.717, 1.165) is 5.69 Å². The normalized spacial score (nSPS) is 11.1. The van der Waals surface area contributed by atoms with Crippen LogP contribution in [0.4, 0.5) is 5.69 Å². The Morgan fingerprint density at radius 3 is 2.73 bits per heavy atom. The summed E-state index contributed by atoms with van der Waals surface area (Å²) < 4.78 is 0. The lowest BCUT2D eigenvalue weighted by atomic mass is 10.2. The highest BCUT2D eigenvalue weighted by molar-refractivity contribution is 6.68. The highest BCUT2D eigenvalue weighted by Crippen LogP contribution is 2.10. The maximum atomic E-state index is 12.1. The van der Waals surface area contributed by atoms with Crippen LogP contribution in [0.1, 0.15) is 19.8 Å². The van der Waals surface area contributed by atoms with Crippen LogP contribution >= 0.6 is 11.6 Å². The quantitative estimate of drug-likeness (QED) is 0.620. The van der Waals surface area contributed by atoms with Crippen molar-refractivity contribution >= 4 is 34.3 Å². The number of carboxylic acid groups (broad SMARTS) is 1. The van der Waals surface area contributed by atoms with Gasteiger partial charge in [0.2, 0.25) is 5.91 Å². The molecule has 1 aromatic heterocycles. The molecule has 0 fully saturated rings. The number of carbonyl (C=O) groups excluding carboxylic acids is 1. The number of hydrogen-bond acceptors (Lipinski definition) is 4. The zero-order chi connectivity index (χ0) is 16.5. The zero-order valence-corrected chi connectivity index (χ0v) is 12.9. The Hall–Kier alpha value is -2.25. The molecular weight excluding hydrogens is 308 g/mol. The fourth-order valence-corrected chi connectivity index (χ4v) is 1.93. The first-order valence-electron chi connectivity index (χ1n) is 6.67. The lowest BCUT2D eigenvalue weighted by molar-refractivity contribution is -0.497. The van der Waals surface area contributed by atoms with Crippen molar-refractivity contribution in [2.24, 2.45) is 0 Å². The first-order valence-corrected chi connectivity index (χ1v) is 7.05. The summed E-state index contributed by atoms with van der Waals surface area (Å²) in [4.78, 5) is 27.9. The summed E-state index contributed by atoms with van der Waals surface area (Å²) in [6, 6.07) is 3.59. The molecule has 8 heteroatoms. The van der Waals surface area contributed by atoms with Gasteiger partial charge in [0.05, 0.1) is 12.6 Å². The molecule has 0 aliphatic carbocycles. The minimum Gasteiger partial charge on any atom is -0.481 e. The predicted octanol–water partition coefficient (Wildman–Crippen LogP) is 1.05. The summed E-state index contributed by atoms with van der Waals surface area (Å²) in [5, 5.41) is 17.7. The van der Waals surface area contributed by atoms with Gasteiger partial charge in [-0.15, -0.1) is 0 Å². The molecule has 7 nitrogen and oxygen atoms in total. The summed E-state index contributed by atoms with van der Waals surface area (Å²) in [7, 11) is 0. The number of quaternary nitrogens is 1. The van der Waals surface area contributed by atoms with Crippen molar-refractivity contribution < 1.29 is 20.0 Å². The van der Waals surface area contributed by atoms with Gasteiger partial charge in [0.25, 0.3) is 0 Å². The van der Waals surface area contributed by atoms with E-state index in [4.69, 9.17) is 22.1 Å². The summed E-state index contributed by atoms with van der Waals surface area (Å²) in [6.07, 6.45) is 4.42. The van der Waals surface area contributed by atoms with Crippen molar-refractivity contribution in [1.29, 1.82) is 5.41 Å². The molecule has 1 heterocycles. The van der Waals surface area contributed by atoms with Crippen LogP contribution < -0.4 is 5.32 Å². The molecule has 0 spiro atoms. The number of carboxylic acids is 1. The van der Waals surface area contributed by atoms with Crippen LogP contribution in [0, 0.1) is 5.41 Å². The molecule has 0 radical (unpaired) electrons. The monoisotopic (exact) mass is 325 g/mol. The van der Waals surface area contributed by atoms with E-state index in [1.54, 1.807) is 36.9 Å². The van der Waals surface area contributed by atoms with Gasteiger partial charge in [0, 0.05) is 25.2 Å². The van der Waals surface area contributed by atoms with Gasteiger partial charge in [-0.05, 0) is 13.0 Å². The second-order valence-corrected chi connectivity index (χ2v) is 4.73. The molecule has 0 aromatic carbocycles. The fraction of sp³-hybridized carbons (Fsp3) is 0.286. The Labute approximate surface area is 133 Å². The third-order valence-electron chi connectivity index (χ3n) is 2.80. The van der Waals surface area contributed by atoms with Crippen LogP contribution in [0.15, 0.2) is 36.4 Å². The standard InChI is InChI=1S/C14H17ClN4O3/c1-2-19(12(20)5-6-13(21)22)11(14(15)16)9-18-10-4-3-7-17-8-10/h3-4,7-9,16,18H,2,5-6H2,1H3,(H,21,22)/p+1/b11-9+,16-14?. The largest absolute Gasteiger partial charge is 0.481 e. The van der Waals surface area contributed by atoms with E-state index < -0.39 is 5.97 Å². The first kappa shape index (κ1) is 17.8. The molecule has 118 valence electrons. The third-order valence-corrected chi connectivity index (χ3v) is 3.00. The minimum absolute atomic E-state index is 0.141. The minimum atomic E-state index is -1.04. The van der Waals surface area contributed by atoms with Gasteiger partial charge in [-0.3, -0.25) is 25.3 Å². The van der Waals surface area contributed by atoms with E-state index in [9.17, 15) is 9.59 Å². The molecule has 0 saturated carbocycles. The van der Waals surface area contributed by atoms with Gasteiger partial charge in [0.1, 0.15) is 17.1 Å². The fourth-order valence-electron chi connectivity index (χ4n) is 1.76. The molecule has 1 aromatic rings. The second kappa shape index (κ2) is 8.91. The van der Waals surface area contributed by atoms with E-state index >= 15 is 0 Å². The third kappa shape index (κ3) is 5.63. The topological polar surface area (TPSA) is 111 Å². The Bertz CT molecular complexity index is 575. The summed E-state index contributed by atoms with van der Waals surface area (Å²) >= 11 is 5.76. The van der Waals surface area contributed by atoms with Crippen molar-refractivity contribution in [2.45, 2.75) is 19.8 Å². The number of carbonyl (C=O) groups is 2. The number of allylic oxidation sites excluding steroid dienone is 1. The molecular formula is C14H18ClN4O3+. The predicted molar refractivity (Wildman–Crippen MR) is 81.7 cm³/mol. The van der Waals surface area contributed by atoms with Crippen LogP contribution in [-0.2, 0) is 9.59 Å². The van der Waals surface area contributed by atoms with Gasteiger partial charge in [0.15, 0.2) is 5.69 Å². The molecule has 0 aliphatic rings. The van der Waals surface area contributed by atoms with Gasteiger partial charge in [-0.1, -0.05) is 11.6 Å². The summed E-state index contributed by atoms with van der Waals surface area (Å²) in [5.74, 6) is -1.43. The Balaban J connectivity index is 2.88. The van der Waals surface area contributed by atoms with Crippen LogP contribution in [-0.4, -0.2) is 38.6 Å². The molecule has 4 N–H and O–H groups in total. The highest BCUT2D eigenvalue weighted by atomic mass is 35.5. The van der Waals surface area contributed by atoms with Crippen LogP contribution in [0.25, 0.3) is 0 Å². The number of aliphatic carboxylic acids is 1. The number of rotatable bonds is 8. The van der Waals surface area contributed by atoms with E-state index in [2.05, 4.69) is 4.98 Å². The van der Waals surface area contributed by atoms with Crippen molar-refractivity contribution in [2.75, 3.05) is 6.54 Å². The highest BCUT2D eigenvalue weighted by Gasteiger charge is 2.21. The van der Waals surface area contributed by atoms with Crippen molar-refractivity contribution in [1.82, 2.24) is 9.88 Å². The number of nitrogens with two attached hydrogens (primary N) is 1. The van der Waals surface area contributed by atoms with Crippen LogP contribution in [0.3, 0.4) is 0 Å². The van der Waals surface area contributed by atoms with E-state index in [1.165, 1.54) is 4.90 Å². The molecule has 0 bridgehead atoms. The van der Waals surface area contributed by atoms with E-state index in [-0.39, 0.29) is 29.6 Å². The molecule has 0 unspecified atom stereocenters. The second-order valence-electron chi connectivity index (χ2n) is 4.35. The van der Waals surface area contributed by atoms with Gasteiger partial charge in [-0.2, -0.15) is 0 Å². The SMILES string of the molecule is CCN(C(=O)CCC(=O)O)/C(=C/[NH2+]c1cccnc1)C(=N)Cl. The molecule has 1 amide bonds. The number of nitrogens with one attached hydrogen (secondary N) is 1. The average molecular weight is 326 g/mol. The maximum absolute atomic E-state index is 12.1. The van der Waals surface area contributed by atoms with Gasteiger partial charge < -0.3 is 10.0 Å². The molecule has 0 aliphatic heterocycles. The molecule has 0 saturated heterocycles.